The van der Waals surface area contributed by atoms with Crippen molar-refractivity contribution in [2.24, 2.45) is 17.8 Å². The van der Waals surface area contributed by atoms with Crippen LogP contribution in [-0.4, -0.2) is 49.2 Å². The number of methoxy groups -OCH3 is 2. The van der Waals surface area contributed by atoms with E-state index in [0.29, 0.717) is 28.9 Å². The number of carboxylic acids is 1. The second kappa shape index (κ2) is 8.63. The molecule has 148 valence electrons. The van der Waals surface area contributed by atoms with Gasteiger partial charge in [0.2, 0.25) is 5.91 Å². The Bertz CT molecular complexity index is 653. The van der Waals surface area contributed by atoms with E-state index in [1.807, 2.05) is 4.90 Å². The number of aliphatic carboxylic acids is 1. The van der Waals surface area contributed by atoms with Crippen molar-refractivity contribution in [1.29, 1.82) is 0 Å². The quantitative estimate of drug-likeness (QED) is 0.793. The molecule has 1 heterocycles. The van der Waals surface area contributed by atoms with Crippen LogP contribution in [0.15, 0.2) is 18.2 Å². The number of hydrogen-bond acceptors (Lipinski definition) is 4. The molecule has 1 saturated heterocycles. The molecule has 0 spiro atoms. The predicted molar refractivity (Wildman–Crippen MR) is 101 cm³/mol. The normalized spacial score (nSPS) is 22.8. The fourth-order valence-corrected chi connectivity index (χ4v) is 4.57. The van der Waals surface area contributed by atoms with Crippen LogP contribution in [0.2, 0.25) is 0 Å². The van der Waals surface area contributed by atoms with E-state index >= 15 is 0 Å². The van der Waals surface area contributed by atoms with Gasteiger partial charge < -0.3 is 19.5 Å². The third-order valence-corrected chi connectivity index (χ3v) is 6.08. The number of nitrogens with zero attached hydrogens (tertiary/aromatic N) is 1. The van der Waals surface area contributed by atoms with Gasteiger partial charge in [-0.25, -0.2) is 0 Å². The summed E-state index contributed by atoms with van der Waals surface area (Å²) in [5, 5.41) is 9.71. The van der Waals surface area contributed by atoms with Crippen LogP contribution in [0.25, 0.3) is 0 Å². The molecule has 6 heteroatoms. The number of likely N-dealkylation sites (tertiary alicyclic amines) is 1. The second-order valence-corrected chi connectivity index (χ2v) is 7.69. The molecule has 1 saturated carbocycles. The molecule has 0 aromatic heterocycles. The zero-order valence-corrected chi connectivity index (χ0v) is 16.1. The molecule has 1 aromatic carbocycles. The molecule has 3 rings (SSSR count). The van der Waals surface area contributed by atoms with Crippen molar-refractivity contribution in [2.75, 3.05) is 27.3 Å². The zero-order valence-electron chi connectivity index (χ0n) is 16.1. The molecule has 1 N–H and O–H groups in total. The Morgan fingerprint density at radius 3 is 2.15 bits per heavy atom. The SMILES string of the molecule is COc1cccc(OC)c1CC(CC(=O)N1C[C@H]2CCCC[C@H]2C1)C(=O)O. The summed E-state index contributed by atoms with van der Waals surface area (Å²) in [4.78, 5) is 26.5. The molecule has 0 bridgehead atoms. The fourth-order valence-electron chi connectivity index (χ4n) is 4.57. The van der Waals surface area contributed by atoms with Crippen molar-refractivity contribution in [1.82, 2.24) is 4.90 Å². The van der Waals surface area contributed by atoms with Gasteiger partial charge in [0.15, 0.2) is 0 Å². The molecular formula is C21H29NO5. The van der Waals surface area contributed by atoms with Gasteiger partial charge in [0.25, 0.3) is 0 Å². The Morgan fingerprint density at radius 2 is 1.67 bits per heavy atom. The average molecular weight is 375 g/mol. The zero-order chi connectivity index (χ0) is 19.4. The van der Waals surface area contributed by atoms with Crippen LogP contribution in [0.4, 0.5) is 0 Å². The van der Waals surface area contributed by atoms with Crippen molar-refractivity contribution in [3.63, 3.8) is 0 Å². The number of hydrogen-bond donors (Lipinski definition) is 1. The van der Waals surface area contributed by atoms with Gasteiger partial charge in [-0.05, 0) is 43.2 Å². The van der Waals surface area contributed by atoms with Crippen LogP contribution >= 0.6 is 0 Å². The van der Waals surface area contributed by atoms with Crippen molar-refractivity contribution >= 4 is 11.9 Å². The van der Waals surface area contributed by atoms with Crippen molar-refractivity contribution < 1.29 is 24.2 Å². The molecule has 3 atom stereocenters. The summed E-state index contributed by atoms with van der Waals surface area (Å²) in [6.45, 7) is 1.57. The van der Waals surface area contributed by atoms with E-state index in [-0.39, 0.29) is 18.7 Å². The molecule has 2 fully saturated rings. The number of carboxylic acid groups (broad SMARTS) is 1. The summed E-state index contributed by atoms with van der Waals surface area (Å²) in [6, 6.07) is 5.36. The summed E-state index contributed by atoms with van der Waals surface area (Å²) in [7, 11) is 3.09. The molecule has 0 radical (unpaired) electrons. The first-order chi connectivity index (χ1) is 13.0. The largest absolute Gasteiger partial charge is 0.496 e. The van der Waals surface area contributed by atoms with Gasteiger partial charge >= 0.3 is 5.97 Å². The summed E-state index contributed by atoms with van der Waals surface area (Å²) in [5.41, 5.74) is 0.692. The van der Waals surface area contributed by atoms with Crippen molar-refractivity contribution in [3.8, 4) is 11.5 Å². The Labute approximate surface area is 160 Å². The minimum absolute atomic E-state index is 0.00990. The number of benzene rings is 1. The van der Waals surface area contributed by atoms with Crippen molar-refractivity contribution in [3.05, 3.63) is 23.8 Å². The standard InChI is InChI=1S/C21H29NO5/c1-26-18-8-5-9-19(27-2)17(18)10-16(21(24)25)11-20(23)22-12-14-6-3-4-7-15(14)13-22/h5,8-9,14-16H,3-4,6-7,10-13H2,1-2H3,(H,24,25)/t14-,15+,16?. The Morgan fingerprint density at radius 1 is 1.11 bits per heavy atom. The van der Waals surface area contributed by atoms with Gasteiger partial charge in [0.05, 0.1) is 20.1 Å². The van der Waals surface area contributed by atoms with Crippen LogP contribution in [0, 0.1) is 17.8 Å². The minimum Gasteiger partial charge on any atom is -0.496 e. The molecule has 1 aromatic rings. The van der Waals surface area contributed by atoms with E-state index in [1.54, 1.807) is 32.4 Å². The van der Waals surface area contributed by atoms with Gasteiger partial charge in [0, 0.05) is 25.1 Å². The van der Waals surface area contributed by atoms with E-state index < -0.39 is 11.9 Å². The van der Waals surface area contributed by atoms with E-state index in [4.69, 9.17) is 9.47 Å². The van der Waals surface area contributed by atoms with E-state index in [0.717, 1.165) is 13.1 Å². The third kappa shape index (κ3) is 4.37. The van der Waals surface area contributed by atoms with E-state index in [2.05, 4.69) is 0 Å². The summed E-state index contributed by atoms with van der Waals surface area (Å²) in [5.74, 6) is 0.546. The monoisotopic (exact) mass is 375 g/mol. The number of fused-ring (bicyclic) bond motifs is 1. The Kier molecular flexibility index (Phi) is 6.24. The number of rotatable bonds is 7. The maximum atomic E-state index is 12.8. The number of carbonyl (C=O) groups excluding carboxylic acids is 1. The molecule has 1 amide bonds. The summed E-state index contributed by atoms with van der Waals surface area (Å²) >= 11 is 0. The highest BCUT2D eigenvalue weighted by atomic mass is 16.5. The van der Waals surface area contributed by atoms with Gasteiger partial charge in [0.1, 0.15) is 11.5 Å². The van der Waals surface area contributed by atoms with Gasteiger partial charge in [-0.15, -0.1) is 0 Å². The van der Waals surface area contributed by atoms with Crippen LogP contribution in [0.3, 0.4) is 0 Å². The predicted octanol–water partition coefficient (Wildman–Crippen LogP) is 2.99. The lowest BCUT2D eigenvalue weighted by Gasteiger charge is -2.22. The van der Waals surface area contributed by atoms with E-state index in [9.17, 15) is 14.7 Å². The molecular weight excluding hydrogens is 346 g/mol. The topological polar surface area (TPSA) is 76.1 Å². The highest BCUT2D eigenvalue weighted by Gasteiger charge is 2.37. The molecule has 27 heavy (non-hydrogen) atoms. The van der Waals surface area contributed by atoms with Gasteiger partial charge in [-0.1, -0.05) is 18.9 Å². The van der Waals surface area contributed by atoms with Crippen LogP contribution < -0.4 is 9.47 Å². The van der Waals surface area contributed by atoms with Crippen molar-refractivity contribution in [2.45, 2.75) is 38.5 Å². The van der Waals surface area contributed by atoms with E-state index in [1.165, 1.54) is 25.7 Å². The number of ether oxygens (including phenoxy) is 2. The first kappa shape index (κ1) is 19.5. The second-order valence-electron chi connectivity index (χ2n) is 7.69. The maximum absolute atomic E-state index is 12.8. The molecule has 6 nitrogen and oxygen atoms in total. The van der Waals surface area contributed by atoms with Crippen LogP contribution in [0.1, 0.15) is 37.7 Å². The third-order valence-electron chi connectivity index (χ3n) is 6.08. The number of carbonyl (C=O) groups is 2. The highest BCUT2D eigenvalue weighted by molar-refractivity contribution is 5.83. The molecule has 1 aliphatic heterocycles. The highest BCUT2D eigenvalue weighted by Crippen LogP contribution is 2.37. The summed E-state index contributed by atoms with van der Waals surface area (Å²) < 4.78 is 10.7. The number of amides is 1. The fraction of sp³-hybridized carbons (Fsp3) is 0.619. The Hall–Kier alpha value is -2.24. The summed E-state index contributed by atoms with van der Waals surface area (Å²) in [6.07, 6.45) is 5.08. The lowest BCUT2D eigenvalue weighted by atomic mass is 9.82. The average Bonchev–Trinajstić information content (AvgIpc) is 3.11. The minimum atomic E-state index is -0.965. The molecule has 2 aliphatic rings. The maximum Gasteiger partial charge on any atom is 0.307 e. The smallest absolute Gasteiger partial charge is 0.307 e. The molecule has 1 unspecified atom stereocenters. The van der Waals surface area contributed by atoms with Gasteiger partial charge in [-0.2, -0.15) is 0 Å². The van der Waals surface area contributed by atoms with Crippen LogP contribution in [0.5, 0.6) is 11.5 Å². The Balaban J connectivity index is 1.70. The first-order valence-corrected chi connectivity index (χ1v) is 9.74. The lowest BCUT2D eigenvalue weighted by molar-refractivity contribution is -0.145. The lowest BCUT2D eigenvalue weighted by Crippen LogP contribution is -2.33. The van der Waals surface area contributed by atoms with Gasteiger partial charge in [-0.3, -0.25) is 9.59 Å². The first-order valence-electron chi connectivity index (χ1n) is 9.74. The molecule has 1 aliphatic carbocycles. The van der Waals surface area contributed by atoms with Crippen LogP contribution in [-0.2, 0) is 16.0 Å².